The minimum atomic E-state index is -0.692. The van der Waals surface area contributed by atoms with Crippen LogP contribution in [0.25, 0.3) is 0 Å². The zero-order valence-corrected chi connectivity index (χ0v) is 33.9. The van der Waals surface area contributed by atoms with E-state index < -0.39 is 23.9 Å². The second-order valence-corrected chi connectivity index (χ2v) is 16.1. The maximum Gasteiger partial charge on any atom is 0.315 e. The number of ketones is 1. The summed E-state index contributed by atoms with van der Waals surface area (Å²) in [6, 6.07) is 44.9. The van der Waals surface area contributed by atoms with Crippen LogP contribution in [0, 0.1) is 0 Å². The molecule has 11 heteroatoms. The van der Waals surface area contributed by atoms with Crippen molar-refractivity contribution >= 4 is 23.4 Å². The number of urea groups is 1. The summed E-state index contributed by atoms with van der Waals surface area (Å²) in [5.41, 5.74) is 6.06. The predicted molar refractivity (Wildman–Crippen MR) is 230 cm³/mol. The number of piperidine rings is 1. The third-order valence-corrected chi connectivity index (χ3v) is 12.3. The third-order valence-electron chi connectivity index (χ3n) is 12.3. The van der Waals surface area contributed by atoms with E-state index >= 15 is 0 Å². The van der Waals surface area contributed by atoms with Crippen LogP contribution in [-0.2, 0) is 38.6 Å². The van der Waals surface area contributed by atoms with E-state index in [9.17, 15) is 19.5 Å². The molecule has 3 amide bonds. The van der Waals surface area contributed by atoms with Gasteiger partial charge < -0.3 is 40.3 Å². The topological polar surface area (TPSA) is 132 Å². The van der Waals surface area contributed by atoms with Crippen molar-refractivity contribution in [1.82, 2.24) is 20.9 Å². The molecule has 5 aromatic carbocycles. The lowest BCUT2D eigenvalue weighted by Gasteiger charge is -2.47. The Balaban J connectivity index is 1.000. The van der Waals surface area contributed by atoms with Crippen molar-refractivity contribution in [3.8, 4) is 0 Å². The summed E-state index contributed by atoms with van der Waals surface area (Å²) in [5.74, 6) is -0.178. The fraction of sp³-hybridized carbons (Fsp3) is 0.327. The second-order valence-electron chi connectivity index (χ2n) is 16.1. The lowest BCUT2D eigenvalue weighted by molar-refractivity contribution is -0.264. The summed E-state index contributed by atoms with van der Waals surface area (Å²) in [5, 5.41) is 18.7. The van der Waals surface area contributed by atoms with Crippen LogP contribution in [0.5, 0.6) is 0 Å². The molecule has 3 aliphatic heterocycles. The average molecular weight is 808 g/mol. The van der Waals surface area contributed by atoms with Crippen molar-refractivity contribution in [2.75, 3.05) is 31.2 Å². The Labute approximate surface area is 351 Å². The average Bonchev–Trinajstić information content (AvgIpc) is 3.61. The molecule has 0 bridgehead atoms. The number of benzene rings is 5. The SMILES string of the molecule is CC(=O)[C@@H](Cc1ccccc1)NC(=O)NCc1ccc(C2O[C@H](CN3CCC4(CC3)C(=O)NCN4c3ccccc3)[C@@H](c3ccccc3)[C@H](c3ccc(CO)cc3)O2)cc1. The van der Waals surface area contributed by atoms with E-state index in [2.05, 4.69) is 50.0 Å². The molecule has 0 aliphatic carbocycles. The van der Waals surface area contributed by atoms with Gasteiger partial charge in [-0.2, -0.15) is 0 Å². The Hall–Kier alpha value is -5.85. The number of aliphatic hydroxyl groups excluding tert-OH is 1. The molecule has 310 valence electrons. The van der Waals surface area contributed by atoms with Crippen LogP contribution >= 0.6 is 0 Å². The molecule has 0 radical (unpaired) electrons. The van der Waals surface area contributed by atoms with Crippen molar-refractivity contribution in [2.45, 2.75) is 75.3 Å². The van der Waals surface area contributed by atoms with Crippen molar-refractivity contribution in [1.29, 1.82) is 0 Å². The predicted octanol–water partition coefficient (Wildman–Crippen LogP) is 6.55. The van der Waals surface area contributed by atoms with Gasteiger partial charge in [0.1, 0.15) is 5.54 Å². The number of hydrogen-bond acceptors (Lipinski definition) is 8. The number of carbonyl (C=O) groups is 3. The standard InChI is InChI=1S/C49H53N5O6/c1-34(56)42(29-35-11-5-2-6-12-35)52-48(58)50-30-36-17-23-40(24-18-36)46-59-43(44(38-13-7-3-8-14-38)45(60-46)39-21-19-37(32-55)20-22-39)31-53-27-25-49(26-28-53)47(57)51-33-54(49)41-15-9-4-10-16-41/h2-24,42-46,55H,25-33H2,1H3,(H,51,57)(H2,50,52,58)/t42-,43-,44-,45+,46?/m1/s1. The lowest BCUT2D eigenvalue weighted by atomic mass is 9.82. The van der Waals surface area contributed by atoms with E-state index in [1.165, 1.54) is 6.92 Å². The molecule has 3 heterocycles. The summed E-state index contributed by atoms with van der Waals surface area (Å²) in [4.78, 5) is 43.4. The highest BCUT2D eigenvalue weighted by molar-refractivity contribution is 5.93. The highest BCUT2D eigenvalue weighted by Gasteiger charge is 2.51. The van der Waals surface area contributed by atoms with Crippen LogP contribution in [0.4, 0.5) is 10.5 Å². The number of amides is 3. The third kappa shape index (κ3) is 9.14. The number of carbonyl (C=O) groups excluding carboxylic acids is 3. The number of Topliss-reactive ketones (excluding diaryl/α,β-unsaturated/α-hetero) is 1. The van der Waals surface area contributed by atoms with Crippen molar-refractivity contribution < 1.29 is 29.0 Å². The Morgan fingerprint density at radius 1 is 0.767 bits per heavy atom. The Kier molecular flexibility index (Phi) is 12.7. The molecule has 5 aromatic rings. The number of para-hydroxylation sites is 1. The summed E-state index contributed by atoms with van der Waals surface area (Å²) < 4.78 is 14.0. The van der Waals surface area contributed by atoms with Crippen LogP contribution in [0.15, 0.2) is 140 Å². The number of hydrogen-bond donors (Lipinski definition) is 4. The van der Waals surface area contributed by atoms with Gasteiger partial charge in [0, 0.05) is 43.3 Å². The molecule has 11 nitrogen and oxygen atoms in total. The van der Waals surface area contributed by atoms with Gasteiger partial charge in [0.05, 0.1) is 31.5 Å². The molecule has 3 saturated heterocycles. The van der Waals surface area contributed by atoms with Gasteiger partial charge in [0.25, 0.3) is 0 Å². The molecule has 8 rings (SSSR count). The number of nitrogens with zero attached hydrogens (tertiary/aromatic N) is 2. The normalized spacial score (nSPS) is 21.9. The van der Waals surface area contributed by atoms with Gasteiger partial charge >= 0.3 is 6.03 Å². The summed E-state index contributed by atoms with van der Waals surface area (Å²) in [6.45, 7) is 4.30. The van der Waals surface area contributed by atoms with Gasteiger partial charge in [0.2, 0.25) is 5.91 Å². The monoisotopic (exact) mass is 807 g/mol. The van der Waals surface area contributed by atoms with Gasteiger partial charge in [-0.15, -0.1) is 0 Å². The number of nitrogens with one attached hydrogen (secondary N) is 3. The minimum absolute atomic E-state index is 0.0493. The Morgan fingerprint density at radius 3 is 2.03 bits per heavy atom. The molecule has 0 aromatic heterocycles. The number of likely N-dealkylation sites (tertiary alicyclic amines) is 1. The first-order valence-electron chi connectivity index (χ1n) is 20.9. The van der Waals surface area contributed by atoms with Crippen molar-refractivity contribution in [2.24, 2.45) is 0 Å². The molecule has 3 aliphatic rings. The number of rotatable bonds is 13. The zero-order valence-electron chi connectivity index (χ0n) is 33.9. The maximum atomic E-state index is 13.5. The quantitative estimate of drug-likeness (QED) is 0.106. The highest BCUT2D eigenvalue weighted by Crippen LogP contribution is 2.47. The van der Waals surface area contributed by atoms with Gasteiger partial charge in [0.15, 0.2) is 12.1 Å². The fourth-order valence-corrected chi connectivity index (χ4v) is 8.89. The van der Waals surface area contributed by atoms with Crippen LogP contribution in [0.1, 0.15) is 71.5 Å². The van der Waals surface area contributed by atoms with Gasteiger partial charge in [-0.25, -0.2) is 4.79 Å². The van der Waals surface area contributed by atoms with Gasteiger partial charge in [-0.1, -0.05) is 127 Å². The largest absolute Gasteiger partial charge is 0.392 e. The summed E-state index contributed by atoms with van der Waals surface area (Å²) in [7, 11) is 0. The van der Waals surface area contributed by atoms with Crippen molar-refractivity contribution in [3.63, 3.8) is 0 Å². The molecule has 3 fully saturated rings. The van der Waals surface area contributed by atoms with E-state index in [4.69, 9.17) is 9.47 Å². The Bertz CT molecular complexity index is 2200. The molecule has 1 spiro atoms. The summed E-state index contributed by atoms with van der Waals surface area (Å²) >= 11 is 0. The number of aliphatic hydroxyl groups is 1. The summed E-state index contributed by atoms with van der Waals surface area (Å²) in [6.07, 6.45) is 0.463. The van der Waals surface area contributed by atoms with E-state index in [1.807, 2.05) is 115 Å². The molecule has 1 unspecified atom stereocenters. The van der Waals surface area contributed by atoms with Crippen LogP contribution < -0.4 is 20.9 Å². The molecule has 5 atom stereocenters. The molecular weight excluding hydrogens is 755 g/mol. The van der Waals surface area contributed by atoms with E-state index in [1.54, 1.807) is 0 Å². The van der Waals surface area contributed by atoms with E-state index in [0.29, 0.717) is 32.5 Å². The smallest absolute Gasteiger partial charge is 0.315 e. The first kappa shape index (κ1) is 40.9. The van der Waals surface area contributed by atoms with Gasteiger partial charge in [-0.05, 0) is 66.1 Å². The van der Waals surface area contributed by atoms with Crippen LogP contribution in [0.3, 0.4) is 0 Å². The molecule has 4 N–H and O–H groups in total. The maximum absolute atomic E-state index is 13.5. The molecule has 60 heavy (non-hydrogen) atoms. The number of ether oxygens (including phenoxy) is 2. The second kappa shape index (κ2) is 18.6. The Morgan fingerprint density at radius 2 is 1.38 bits per heavy atom. The van der Waals surface area contributed by atoms with E-state index in [0.717, 1.165) is 52.2 Å². The first-order chi connectivity index (χ1) is 29.3. The first-order valence-corrected chi connectivity index (χ1v) is 20.9. The van der Waals surface area contributed by atoms with Gasteiger partial charge in [-0.3, -0.25) is 9.59 Å². The number of anilines is 1. The fourth-order valence-electron chi connectivity index (χ4n) is 8.89. The lowest BCUT2D eigenvalue weighted by Crippen LogP contribution is -2.57. The highest BCUT2D eigenvalue weighted by atomic mass is 16.7. The van der Waals surface area contributed by atoms with Crippen molar-refractivity contribution in [3.05, 3.63) is 173 Å². The molecule has 0 saturated carbocycles. The van der Waals surface area contributed by atoms with Crippen LogP contribution in [0.2, 0.25) is 0 Å². The zero-order chi connectivity index (χ0) is 41.5. The van der Waals surface area contributed by atoms with E-state index in [-0.39, 0.29) is 43.0 Å². The van der Waals surface area contributed by atoms with Crippen LogP contribution in [-0.4, -0.2) is 71.7 Å². The molecular formula is C49H53N5O6. The minimum Gasteiger partial charge on any atom is -0.392 e.